The molecule has 1 aliphatic rings. The molecule has 2 aromatic carbocycles. The van der Waals surface area contributed by atoms with Gasteiger partial charge in [0.05, 0.1) is 17.9 Å². The Morgan fingerprint density at radius 1 is 1.17 bits per heavy atom. The van der Waals surface area contributed by atoms with Crippen LogP contribution < -0.4 is 20.1 Å². The zero-order valence-corrected chi connectivity index (χ0v) is 16.4. The molecule has 0 spiro atoms. The van der Waals surface area contributed by atoms with Crippen molar-refractivity contribution < 1.29 is 27.8 Å². The molecule has 0 aromatic heterocycles. The Kier molecular flexibility index (Phi) is 7.00. The Bertz CT molecular complexity index is 942. The van der Waals surface area contributed by atoms with Crippen molar-refractivity contribution in [3.8, 4) is 11.5 Å². The van der Waals surface area contributed by atoms with E-state index >= 15 is 0 Å². The molecule has 2 amide bonds. The van der Waals surface area contributed by atoms with Crippen molar-refractivity contribution in [2.75, 3.05) is 11.9 Å². The van der Waals surface area contributed by atoms with Gasteiger partial charge in [-0.25, -0.2) is 0 Å². The van der Waals surface area contributed by atoms with Crippen LogP contribution >= 0.6 is 0 Å². The predicted octanol–water partition coefficient (Wildman–Crippen LogP) is 4.23. The van der Waals surface area contributed by atoms with Crippen LogP contribution in [-0.4, -0.2) is 31.1 Å². The lowest BCUT2D eigenvalue weighted by atomic mass is 10.1. The van der Waals surface area contributed by atoms with Gasteiger partial charge >= 0.3 is 6.61 Å². The Morgan fingerprint density at radius 2 is 1.93 bits per heavy atom. The highest BCUT2D eigenvalue weighted by Gasteiger charge is 2.24. The summed E-state index contributed by atoms with van der Waals surface area (Å²) in [5, 5.41) is 5.58. The highest BCUT2D eigenvalue weighted by atomic mass is 19.3. The monoisotopic (exact) mass is 416 g/mol. The third-order valence-electron chi connectivity index (χ3n) is 4.25. The maximum Gasteiger partial charge on any atom is 0.387 e. The average Bonchev–Trinajstić information content (AvgIpc) is 3.52. The number of ether oxygens (including phenoxy) is 2. The Balaban J connectivity index is 1.69. The molecule has 0 radical (unpaired) electrons. The zero-order valence-electron chi connectivity index (χ0n) is 16.4. The van der Waals surface area contributed by atoms with E-state index in [2.05, 4.69) is 15.4 Å². The maximum atomic E-state index is 12.5. The summed E-state index contributed by atoms with van der Waals surface area (Å²) < 4.78 is 34.7. The van der Waals surface area contributed by atoms with Crippen LogP contribution in [0.5, 0.6) is 11.5 Å². The van der Waals surface area contributed by atoms with Crippen LogP contribution in [0.25, 0.3) is 6.08 Å². The number of para-hydroxylation sites is 1. The van der Waals surface area contributed by atoms with Crippen LogP contribution in [0.2, 0.25) is 0 Å². The van der Waals surface area contributed by atoms with Crippen molar-refractivity contribution >= 4 is 23.6 Å². The number of hydrogen-bond acceptors (Lipinski definition) is 4. The van der Waals surface area contributed by atoms with E-state index in [1.165, 1.54) is 30.4 Å². The highest BCUT2D eigenvalue weighted by molar-refractivity contribution is 6.07. The summed E-state index contributed by atoms with van der Waals surface area (Å²) in [5.74, 6) is -0.590. The standard InChI is InChI=1S/C22H22F2N2O4/c1-2-29-19-13-14(7-11-18(19)30-22(23)24)8-12-20(27)26-17-6-4-3-5-16(17)21(28)25-15-9-10-15/h3-8,11-13,15,22H,2,9-10H2,1H3,(H,25,28)(H,26,27)/b12-8+. The quantitative estimate of drug-likeness (QED) is 0.600. The third-order valence-corrected chi connectivity index (χ3v) is 4.25. The molecule has 3 rings (SSSR count). The second-order valence-electron chi connectivity index (χ2n) is 6.63. The van der Waals surface area contributed by atoms with Crippen molar-refractivity contribution in [1.82, 2.24) is 5.32 Å². The van der Waals surface area contributed by atoms with Gasteiger partial charge in [0.15, 0.2) is 11.5 Å². The number of alkyl halides is 2. The summed E-state index contributed by atoms with van der Waals surface area (Å²) in [4.78, 5) is 24.7. The van der Waals surface area contributed by atoms with Gasteiger partial charge in [0, 0.05) is 12.1 Å². The number of rotatable bonds is 9. The van der Waals surface area contributed by atoms with Gasteiger partial charge in [-0.2, -0.15) is 8.78 Å². The molecule has 158 valence electrons. The molecule has 2 N–H and O–H groups in total. The topological polar surface area (TPSA) is 76.7 Å². The number of nitrogens with one attached hydrogen (secondary N) is 2. The van der Waals surface area contributed by atoms with E-state index in [9.17, 15) is 18.4 Å². The number of amides is 2. The Labute approximate surface area is 172 Å². The fourth-order valence-electron chi connectivity index (χ4n) is 2.72. The molecule has 0 saturated heterocycles. The van der Waals surface area contributed by atoms with Crippen LogP contribution in [0, 0.1) is 0 Å². The number of hydrogen-bond donors (Lipinski definition) is 2. The highest BCUT2D eigenvalue weighted by Crippen LogP contribution is 2.30. The Morgan fingerprint density at radius 3 is 2.63 bits per heavy atom. The molecular weight excluding hydrogens is 394 g/mol. The molecule has 0 bridgehead atoms. The van der Waals surface area contributed by atoms with Crippen LogP contribution in [0.4, 0.5) is 14.5 Å². The molecule has 0 atom stereocenters. The number of carbonyl (C=O) groups excluding carboxylic acids is 2. The lowest BCUT2D eigenvalue weighted by molar-refractivity contribution is -0.111. The normalized spacial score (nSPS) is 13.3. The van der Waals surface area contributed by atoms with E-state index in [1.807, 2.05) is 0 Å². The van der Waals surface area contributed by atoms with E-state index in [-0.39, 0.29) is 30.1 Å². The molecule has 0 heterocycles. The van der Waals surface area contributed by atoms with Gasteiger partial charge in [-0.1, -0.05) is 18.2 Å². The van der Waals surface area contributed by atoms with Gasteiger partial charge in [-0.3, -0.25) is 9.59 Å². The minimum atomic E-state index is -2.96. The zero-order chi connectivity index (χ0) is 21.5. The van der Waals surface area contributed by atoms with Gasteiger partial charge in [-0.15, -0.1) is 0 Å². The first-order valence-electron chi connectivity index (χ1n) is 9.57. The third kappa shape index (κ3) is 6.04. The fraction of sp³-hybridized carbons (Fsp3) is 0.273. The largest absolute Gasteiger partial charge is 0.490 e. The first-order chi connectivity index (χ1) is 14.5. The predicted molar refractivity (Wildman–Crippen MR) is 109 cm³/mol. The van der Waals surface area contributed by atoms with E-state index in [1.54, 1.807) is 31.2 Å². The van der Waals surface area contributed by atoms with E-state index < -0.39 is 12.5 Å². The van der Waals surface area contributed by atoms with Crippen molar-refractivity contribution in [2.24, 2.45) is 0 Å². The molecule has 0 unspecified atom stereocenters. The second-order valence-corrected chi connectivity index (χ2v) is 6.63. The fourth-order valence-corrected chi connectivity index (χ4v) is 2.72. The van der Waals surface area contributed by atoms with Crippen molar-refractivity contribution in [1.29, 1.82) is 0 Å². The molecule has 2 aromatic rings. The summed E-state index contributed by atoms with van der Waals surface area (Å²) in [6.45, 7) is -0.972. The van der Waals surface area contributed by atoms with Crippen LogP contribution in [0.1, 0.15) is 35.7 Å². The number of halogens is 2. The SMILES string of the molecule is CCOc1cc(/C=C/C(=O)Nc2ccccc2C(=O)NC2CC2)ccc1OC(F)F. The number of carbonyl (C=O) groups is 2. The van der Waals surface area contributed by atoms with Crippen LogP contribution in [-0.2, 0) is 4.79 Å². The van der Waals surface area contributed by atoms with Crippen molar-refractivity contribution in [2.45, 2.75) is 32.4 Å². The maximum absolute atomic E-state index is 12.5. The van der Waals surface area contributed by atoms with Crippen LogP contribution in [0.15, 0.2) is 48.5 Å². The lowest BCUT2D eigenvalue weighted by Gasteiger charge is -2.12. The molecule has 1 saturated carbocycles. The average molecular weight is 416 g/mol. The first-order valence-corrected chi connectivity index (χ1v) is 9.57. The lowest BCUT2D eigenvalue weighted by Crippen LogP contribution is -2.26. The second kappa shape index (κ2) is 9.87. The number of anilines is 1. The summed E-state index contributed by atoms with van der Waals surface area (Å²) in [6, 6.07) is 11.3. The summed E-state index contributed by atoms with van der Waals surface area (Å²) in [5.41, 5.74) is 1.36. The van der Waals surface area contributed by atoms with E-state index in [4.69, 9.17) is 4.74 Å². The minimum absolute atomic E-state index is 0.0796. The molecule has 30 heavy (non-hydrogen) atoms. The summed E-state index contributed by atoms with van der Waals surface area (Å²) >= 11 is 0. The van der Waals surface area contributed by atoms with Gasteiger partial charge in [-0.05, 0) is 55.7 Å². The first kappa shape index (κ1) is 21.3. The summed E-state index contributed by atoms with van der Waals surface area (Å²) in [7, 11) is 0. The van der Waals surface area contributed by atoms with Crippen molar-refractivity contribution in [3.05, 3.63) is 59.7 Å². The van der Waals surface area contributed by atoms with Gasteiger partial charge in [0.1, 0.15) is 0 Å². The smallest absolute Gasteiger partial charge is 0.387 e. The van der Waals surface area contributed by atoms with Crippen LogP contribution in [0.3, 0.4) is 0 Å². The van der Waals surface area contributed by atoms with E-state index in [0.29, 0.717) is 16.8 Å². The molecule has 6 nitrogen and oxygen atoms in total. The molecular formula is C22H22F2N2O4. The summed E-state index contributed by atoms with van der Waals surface area (Å²) in [6.07, 6.45) is 4.73. The molecule has 1 aliphatic carbocycles. The minimum Gasteiger partial charge on any atom is -0.490 e. The van der Waals surface area contributed by atoms with Gasteiger partial charge in [0.25, 0.3) is 5.91 Å². The van der Waals surface area contributed by atoms with Gasteiger partial charge in [0.2, 0.25) is 5.91 Å². The molecule has 8 heteroatoms. The van der Waals surface area contributed by atoms with Crippen molar-refractivity contribution in [3.63, 3.8) is 0 Å². The number of benzene rings is 2. The molecule has 1 fully saturated rings. The Hall–Kier alpha value is -3.42. The van der Waals surface area contributed by atoms with Gasteiger partial charge < -0.3 is 20.1 Å². The molecule has 0 aliphatic heterocycles. The van der Waals surface area contributed by atoms with E-state index in [0.717, 1.165) is 12.8 Å².